The van der Waals surface area contributed by atoms with Crippen LogP contribution in [0.3, 0.4) is 0 Å². The van der Waals surface area contributed by atoms with Crippen LogP contribution in [0, 0.1) is 0 Å². The van der Waals surface area contributed by atoms with E-state index in [1.54, 1.807) is 24.3 Å². The summed E-state index contributed by atoms with van der Waals surface area (Å²) in [5.74, 6) is 0.419. The minimum atomic E-state index is -0.354. The Morgan fingerprint density at radius 3 is 2.65 bits per heavy atom. The predicted octanol–water partition coefficient (Wildman–Crippen LogP) is 2.22. The second kappa shape index (κ2) is 6.44. The van der Waals surface area contributed by atoms with Gasteiger partial charge in [-0.3, -0.25) is 9.59 Å². The van der Waals surface area contributed by atoms with Gasteiger partial charge in [-0.15, -0.1) is 0 Å². The monoisotopic (exact) mass is 347 g/mol. The van der Waals surface area contributed by atoms with Crippen LogP contribution in [-0.2, 0) is 13.1 Å². The standard InChI is InChI=1S/C19H17N5O2/c1-2-24-15-10-6-5-9-14(15)21-16(24)11-20-19(26)17-12-7-3-4-8-13(12)18(25)23-22-17/h3-10H,2,11H2,1H3,(H,20,26)(H,23,25). The molecule has 2 aromatic heterocycles. The van der Waals surface area contributed by atoms with Gasteiger partial charge >= 0.3 is 0 Å². The molecule has 0 aliphatic carbocycles. The number of nitrogens with one attached hydrogen (secondary N) is 2. The minimum absolute atomic E-state index is 0.194. The highest BCUT2D eigenvalue weighted by Crippen LogP contribution is 2.16. The number of imidazole rings is 1. The van der Waals surface area contributed by atoms with Crippen LogP contribution >= 0.6 is 0 Å². The number of aromatic nitrogens is 4. The van der Waals surface area contributed by atoms with Crippen molar-refractivity contribution in [3.8, 4) is 0 Å². The smallest absolute Gasteiger partial charge is 0.272 e. The summed E-state index contributed by atoms with van der Waals surface area (Å²) in [4.78, 5) is 29.1. The van der Waals surface area contributed by atoms with Crippen molar-refractivity contribution in [1.82, 2.24) is 25.1 Å². The Labute approximate surface area is 148 Å². The molecule has 4 rings (SSSR count). The molecule has 0 fully saturated rings. The first-order valence-electron chi connectivity index (χ1n) is 8.39. The third kappa shape index (κ3) is 2.63. The molecule has 0 saturated carbocycles. The fraction of sp³-hybridized carbons (Fsp3) is 0.158. The van der Waals surface area contributed by atoms with E-state index in [1.807, 2.05) is 31.2 Å². The van der Waals surface area contributed by atoms with Crippen molar-refractivity contribution >= 4 is 27.7 Å². The predicted molar refractivity (Wildman–Crippen MR) is 98.9 cm³/mol. The molecule has 0 radical (unpaired) electrons. The van der Waals surface area contributed by atoms with Crippen LogP contribution in [0.2, 0.25) is 0 Å². The Balaban J connectivity index is 1.64. The normalized spacial score (nSPS) is 11.1. The molecule has 2 heterocycles. The lowest BCUT2D eigenvalue weighted by molar-refractivity contribution is 0.0945. The summed E-state index contributed by atoms with van der Waals surface area (Å²) >= 11 is 0. The van der Waals surface area contributed by atoms with Gasteiger partial charge in [0.25, 0.3) is 11.5 Å². The van der Waals surface area contributed by atoms with Crippen LogP contribution in [0.15, 0.2) is 53.3 Å². The molecule has 0 aliphatic rings. The van der Waals surface area contributed by atoms with E-state index < -0.39 is 0 Å². The number of carbonyl (C=O) groups excluding carboxylic acids is 1. The van der Waals surface area contributed by atoms with Crippen molar-refractivity contribution in [3.05, 3.63) is 70.4 Å². The topological polar surface area (TPSA) is 92.7 Å². The van der Waals surface area contributed by atoms with Crippen molar-refractivity contribution in [1.29, 1.82) is 0 Å². The molecule has 130 valence electrons. The van der Waals surface area contributed by atoms with E-state index in [4.69, 9.17) is 0 Å². The van der Waals surface area contributed by atoms with E-state index >= 15 is 0 Å². The quantitative estimate of drug-likeness (QED) is 0.592. The minimum Gasteiger partial charge on any atom is -0.343 e. The van der Waals surface area contributed by atoms with Gasteiger partial charge in [-0.2, -0.15) is 5.10 Å². The lowest BCUT2D eigenvalue weighted by Gasteiger charge is -2.08. The Morgan fingerprint density at radius 1 is 1.12 bits per heavy atom. The average Bonchev–Trinajstić information content (AvgIpc) is 3.04. The maximum Gasteiger partial charge on any atom is 0.272 e. The van der Waals surface area contributed by atoms with Gasteiger partial charge in [0, 0.05) is 11.9 Å². The van der Waals surface area contributed by atoms with Crippen molar-refractivity contribution in [3.63, 3.8) is 0 Å². The number of fused-ring (bicyclic) bond motifs is 2. The number of nitrogens with zero attached hydrogens (tertiary/aromatic N) is 3. The highest BCUT2D eigenvalue weighted by atomic mass is 16.2. The van der Waals surface area contributed by atoms with Gasteiger partial charge in [-0.25, -0.2) is 10.1 Å². The molecule has 0 spiro atoms. The van der Waals surface area contributed by atoms with Gasteiger partial charge < -0.3 is 9.88 Å². The zero-order valence-corrected chi connectivity index (χ0v) is 14.2. The lowest BCUT2D eigenvalue weighted by Crippen LogP contribution is -2.27. The number of amides is 1. The summed E-state index contributed by atoms with van der Waals surface area (Å²) < 4.78 is 2.06. The number of hydrogen-bond acceptors (Lipinski definition) is 4. The molecular formula is C19H17N5O2. The van der Waals surface area contributed by atoms with Gasteiger partial charge in [0.1, 0.15) is 5.82 Å². The number of H-pyrrole nitrogens is 1. The van der Waals surface area contributed by atoms with Gasteiger partial charge in [-0.05, 0) is 25.1 Å². The number of para-hydroxylation sites is 2. The summed E-state index contributed by atoms with van der Waals surface area (Å²) in [6.07, 6.45) is 0. The summed E-state index contributed by atoms with van der Waals surface area (Å²) in [6.45, 7) is 3.07. The van der Waals surface area contributed by atoms with Gasteiger partial charge in [0.05, 0.1) is 23.0 Å². The van der Waals surface area contributed by atoms with Crippen LogP contribution in [0.25, 0.3) is 21.8 Å². The van der Waals surface area contributed by atoms with Crippen LogP contribution in [0.1, 0.15) is 23.2 Å². The third-order valence-corrected chi connectivity index (χ3v) is 4.37. The van der Waals surface area contributed by atoms with E-state index in [2.05, 4.69) is 25.1 Å². The van der Waals surface area contributed by atoms with Crippen molar-refractivity contribution in [2.75, 3.05) is 0 Å². The lowest BCUT2D eigenvalue weighted by atomic mass is 10.1. The molecule has 0 aliphatic heterocycles. The summed E-state index contributed by atoms with van der Waals surface area (Å²) in [6, 6.07) is 14.8. The molecule has 0 bridgehead atoms. The summed E-state index contributed by atoms with van der Waals surface area (Å²) in [5, 5.41) is 10.1. The Morgan fingerprint density at radius 2 is 1.85 bits per heavy atom. The first-order chi connectivity index (χ1) is 12.7. The molecule has 2 aromatic carbocycles. The molecule has 0 atom stereocenters. The Kier molecular flexibility index (Phi) is 3.96. The average molecular weight is 347 g/mol. The maximum atomic E-state index is 12.6. The third-order valence-electron chi connectivity index (χ3n) is 4.37. The zero-order chi connectivity index (χ0) is 18.1. The first kappa shape index (κ1) is 16.0. The maximum absolute atomic E-state index is 12.6. The highest BCUT2D eigenvalue weighted by Gasteiger charge is 2.15. The fourth-order valence-electron chi connectivity index (χ4n) is 3.14. The molecule has 0 unspecified atom stereocenters. The van der Waals surface area contributed by atoms with Crippen molar-refractivity contribution in [2.24, 2.45) is 0 Å². The SMILES string of the molecule is CCn1c(CNC(=O)c2n[nH]c(=O)c3ccccc23)nc2ccccc21. The Hall–Kier alpha value is -3.48. The zero-order valence-electron chi connectivity index (χ0n) is 14.2. The number of aryl methyl sites for hydroxylation is 1. The molecule has 7 heteroatoms. The molecule has 2 N–H and O–H groups in total. The van der Waals surface area contributed by atoms with E-state index in [9.17, 15) is 9.59 Å². The van der Waals surface area contributed by atoms with Crippen LogP contribution < -0.4 is 10.9 Å². The van der Waals surface area contributed by atoms with E-state index in [-0.39, 0.29) is 23.7 Å². The second-order valence-electron chi connectivity index (χ2n) is 5.89. The van der Waals surface area contributed by atoms with Crippen LogP contribution in [0.5, 0.6) is 0 Å². The van der Waals surface area contributed by atoms with Gasteiger partial charge in [-0.1, -0.05) is 30.3 Å². The molecule has 7 nitrogen and oxygen atoms in total. The molecule has 4 aromatic rings. The molecule has 1 amide bonds. The Bertz CT molecular complexity index is 1180. The van der Waals surface area contributed by atoms with Crippen molar-refractivity contribution < 1.29 is 4.79 Å². The highest BCUT2D eigenvalue weighted by molar-refractivity contribution is 6.04. The number of carbonyl (C=O) groups is 1. The number of hydrogen-bond donors (Lipinski definition) is 2. The largest absolute Gasteiger partial charge is 0.343 e. The van der Waals surface area contributed by atoms with Crippen molar-refractivity contribution in [2.45, 2.75) is 20.0 Å². The van der Waals surface area contributed by atoms with Crippen LogP contribution in [-0.4, -0.2) is 25.7 Å². The van der Waals surface area contributed by atoms with Gasteiger partial charge in [0.2, 0.25) is 0 Å². The van der Waals surface area contributed by atoms with E-state index in [0.717, 1.165) is 23.4 Å². The second-order valence-corrected chi connectivity index (χ2v) is 5.89. The number of rotatable bonds is 4. The summed E-state index contributed by atoms with van der Waals surface area (Å²) in [7, 11) is 0. The molecular weight excluding hydrogens is 330 g/mol. The van der Waals surface area contributed by atoms with E-state index in [1.165, 1.54) is 0 Å². The number of benzene rings is 2. The number of aromatic amines is 1. The summed E-state index contributed by atoms with van der Waals surface area (Å²) in [5.41, 5.74) is 1.81. The molecule has 0 saturated heterocycles. The fourth-order valence-corrected chi connectivity index (χ4v) is 3.14. The first-order valence-corrected chi connectivity index (χ1v) is 8.39. The van der Waals surface area contributed by atoms with Gasteiger partial charge in [0.15, 0.2) is 5.69 Å². The van der Waals surface area contributed by atoms with E-state index in [0.29, 0.717) is 10.8 Å². The molecule has 26 heavy (non-hydrogen) atoms. The van der Waals surface area contributed by atoms with Crippen LogP contribution in [0.4, 0.5) is 0 Å².